The van der Waals surface area contributed by atoms with Crippen molar-refractivity contribution in [3.05, 3.63) is 22.4 Å². The van der Waals surface area contributed by atoms with Gasteiger partial charge in [0.25, 0.3) is 0 Å². The van der Waals surface area contributed by atoms with E-state index in [1.165, 1.54) is 4.88 Å². The molecule has 5 heteroatoms. The molecule has 0 spiro atoms. The first kappa shape index (κ1) is 15.3. The molecule has 1 aliphatic heterocycles. The standard InChI is InChI=1S/C15H25N3OS/c1-12(14-5-4-8-20-14)9-16-15(19)18-7-6-13(11-18)10-17(2)3/h4-5,8,12-13H,6-7,9-11H2,1-3H3,(H,16,19). The van der Waals surface area contributed by atoms with Crippen LogP contribution >= 0.6 is 11.3 Å². The Kier molecular flexibility index (Phi) is 5.43. The summed E-state index contributed by atoms with van der Waals surface area (Å²) < 4.78 is 0. The topological polar surface area (TPSA) is 35.6 Å². The Balaban J connectivity index is 1.73. The van der Waals surface area contributed by atoms with Gasteiger partial charge in [0.2, 0.25) is 0 Å². The van der Waals surface area contributed by atoms with Crippen LogP contribution in [0.15, 0.2) is 17.5 Å². The van der Waals surface area contributed by atoms with Crippen molar-refractivity contribution >= 4 is 17.4 Å². The van der Waals surface area contributed by atoms with Crippen LogP contribution in [0.2, 0.25) is 0 Å². The minimum absolute atomic E-state index is 0.0923. The molecule has 4 nitrogen and oxygen atoms in total. The van der Waals surface area contributed by atoms with Crippen molar-refractivity contribution in [1.82, 2.24) is 15.1 Å². The Hall–Kier alpha value is -1.07. The van der Waals surface area contributed by atoms with Gasteiger partial charge in [0.05, 0.1) is 0 Å². The zero-order chi connectivity index (χ0) is 14.5. The molecular weight excluding hydrogens is 270 g/mol. The van der Waals surface area contributed by atoms with Crippen molar-refractivity contribution < 1.29 is 4.79 Å². The molecule has 1 fully saturated rings. The van der Waals surface area contributed by atoms with E-state index >= 15 is 0 Å². The van der Waals surface area contributed by atoms with Crippen molar-refractivity contribution in [3.63, 3.8) is 0 Å². The highest BCUT2D eigenvalue weighted by Crippen LogP contribution is 2.20. The maximum Gasteiger partial charge on any atom is 0.317 e. The Morgan fingerprint density at radius 3 is 3.05 bits per heavy atom. The monoisotopic (exact) mass is 295 g/mol. The molecule has 1 N–H and O–H groups in total. The highest BCUT2D eigenvalue weighted by atomic mass is 32.1. The largest absolute Gasteiger partial charge is 0.337 e. The molecule has 1 aromatic heterocycles. The first-order chi connectivity index (χ1) is 9.56. The second kappa shape index (κ2) is 7.09. The summed E-state index contributed by atoms with van der Waals surface area (Å²) in [5, 5.41) is 5.15. The van der Waals surface area contributed by atoms with Crippen molar-refractivity contribution in [2.24, 2.45) is 5.92 Å². The number of nitrogens with zero attached hydrogens (tertiary/aromatic N) is 2. The molecular formula is C15H25N3OS. The van der Waals surface area contributed by atoms with Gasteiger partial charge in [-0.3, -0.25) is 0 Å². The number of thiophene rings is 1. The molecule has 2 amide bonds. The molecule has 20 heavy (non-hydrogen) atoms. The summed E-state index contributed by atoms with van der Waals surface area (Å²) >= 11 is 1.75. The lowest BCUT2D eigenvalue weighted by atomic mass is 10.1. The highest BCUT2D eigenvalue weighted by molar-refractivity contribution is 7.10. The van der Waals surface area contributed by atoms with Gasteiger partial charge >= 0.3 is 6.03 Å². The fourth-order valence-electron chi connectivity index (χ4n) is 2.71. The number of carbonyl (C=O) groups excluding carboxylic acids is 1. The van der Waals surface area contributed by atoms with Gasteiger partial charge in [0, 0.05) is 37.0 Å². The summed E-state index contributed by atoms with van der Waals surface area (Å²) in [6.45, 7) is 5.71. The quantitative estimate of drug-likeness (QED) is 0.905. The molecule has 1 saturated heterocycles. The number of rotatable bonds is 5. The maximum atomic E-state index is 12.2. The Morgan fingerprint density at radius 1 is 1.60 bits per heavy atom. The third kappa shape index (κ3) is 4.21. The van der Waals surface area contributed by atoms with Crippen molar-refractivity contribution in [2.75, 3.05) is 40.3 Å². The van der Waals surface area contributed by atoms with E-state index in [0.717, 1.165) is 26.1 Å². The molecule has 2 rings (SSSR count). The second-order valence-corrected chi connectivity index (χ2v) is 6.94. The Labute approximate surface area is 125 Å². The van der Waals surface area contributed by atoms with Crippen molar-refractivity contribution in [2.45, 2.75) is 19.3 Å². The summed E-state index contributed by atoms with van der Waals surface area (Å²) in [6, 6.07) is 4.28. The lowest BCUT2D eigenvalue weighted by Gasteiger charge is -2.20. The summed E-state index contributed by atoms with van der Waals surface area (Å²) in [6.07, 6.45) is 1.12. The van der Waals surface area contributed by atoms with Crippen molar-refractivity contribution in [1.29, 1.82) is 0 Å². The van der Waals surface area contributed by atoms with Gasteiger partial charge in [-0.1, -0.05) is 13.0 Å². The third-order valence-corrected chi connectivity index (χ3v) is 4.89. The minimum Gasteiger partial charge on any atom is -0.337 e. The Bertz CT molecular complexity index is 419. The predicted molar refractivity (Wildman–Crippen MR) is 84.4 cm³/mol. The number of nitrogens with one attached hydrogen (secondary N) is 1. The van der Waals surface area contributed by atoms with E-state index in [1.54, 1.807) is 11.3 Å². The van der Waals surface area contributed by atoms with Crippen molar-refractivity contribution in [3.8, 4) is 0 Å². The number of urea groups is 1. The van der Waals surface area contributed by atoms with Crippen LogP contribution in [0.4, 0.5) is 4.79 Å². The first-order valence-electron chi connectivity index (χ1n) is 7.27. The molecule has 0 aromatic carbocycles. The smallest absolute Gasteiger partial charge is 0.317 e. The van der Waals surface area contributed by atoms with E-state index < -0.39 is 0 Å². The molecule has 0 bridgehead atoms. The van der Waals surface area contributed by atoms with Crippen LogP contribution in [-0.4, -0.2) is 56.1 Å². The van der Waals surface area contributed by atoms with Gasteiger partial charge in [0.15, 0.2) is 0 Å². The van der Waals surface area contributed by atoms with Crippen LogP contribution in [0, 0.1) is 5.92 Å². The zero-order valence-electron chi connectivity index (χ0n) is 12.6. The average Bonchev–Trinajstić information content (AvgIpc) is 3.05. The Morgan fingerprint density at radius 2 is 2.40 bits per heavy atom. The number of amides is 2. The molecule has 2 heterocycles. The fourth-order valence-corrected chi connectivity index (χ4v) is 3.49. The van der Waals surface area contributed by atoms with Gasteiger partial charge < -0.3 is 15.1 Å². The summed E-state index contributed by atoms with van der Waals surface area (Å²) in [5.74, 6) is 1.00. The molecule has 1 aromatic rings. The van der Waals surface area contributed by atoms with Crippen LogP contribution in [0.5, 0.6) is 0 Å². The molecule has 2 atom stereocenters. The minimum atomic E-state index is 0.0923. The summed E-state index contributed by atoms with van der Waals surface area (Å²) in [7, 11) is 4.18. The third-order valence-electron chi connectivity index (χ3n) is 3.78. The van der Waals surface area contributed by atoms with Crippen LogP contribution in [0.3, 0.4) is 0 Å². The molecule has 0 saturated carbocycles. The molecule has 112 valence electrons. The van der Waals surface area contributed by atoms with E-state index in [9.17, 15) is 4.79 Å². The van der Waals surface area contributed by atoms with Crippen LogP contribution in [-0.2, 0) is 0 Å². The van der Waals surface area contributed by atoms with Gasteiger partial charge in [0.1, 0.15) is 0 Å². The second-order valence-electron chi connectivity index (χ2n) is 5.97. The molecule has 1 aliphatic rings. The van der Waals surface area contributed by atoms with Gasteiger partial charge in [-0.25, -0.2) is 4.79 Å². The van der Waals surface area contributed by atoms with Gasteiger partial charge in [-0.15, -0.1) is 11.3 Å². The number of carbonyl (C=O) groups is 1. The van der Waals surface area contributed by atoms with Crippen LogP contribution in [0.25, 0.3) is 0 Å². The lowest BCUT2D eigenvalue weighted by Crippen LogP contribution is -2.40. The SMILES string of the molecule is CC(CNC(=O)N1CCC(CN(C)C)C1)c1cccs1. The van der Waals surface area contributed by atoms with Gasteiger partial charge in [-0.05, 0) is 37.9 Å². The summed E-state index contributed by atoms with van der Waals surface area (Å²) in [5.41, 5.74) is 0. The van der Waals surface area contributed by atoms with E-state index in [2.05, 4.69) is 48.7 Å². The summed E-state index contributed by atoms with van der Waals surface area (Å²) in [4.78, 5) is 17.6. The normalized spacial score (nSPS) is 20.4. The highest BCUT2D eigenvalue weighted by Gasteiger charge is 2.26. The van der Waals surface area contributed by atoms with Crippen LogP contribution < -0.4 is 5.32 Å². The average molecular weight is 295 g/mol. The first-order valence-corrected chi connectivity index (χ1v) is 8.15. The van der Waals surface area contributed by atoms with Gasteiger partial charge in [-0.2, -0.15) is 0 Å². The van der Waals surface area contributed by atoms with E-state index in [1.807, 2.05) is 4.90 Å². The number of hydrogen-bond acceptors (Lipinski definition) is 3. The van der Waals surface area contributed by atoms with E-state index in [4.69, 9.17) is 0 Å². The predicted octanol–water partition coefficient (Wildman–Crippen LogP) is 2.44. The molecule has 2 unspecified atom stereocenters. The van der Waals surface area contributed by atoms with Crippen LogP contribution in [0.1, 0.15) is 24.1 Å². The number of likely N-dealkylation sites (tertiary alicyclic amines) is 1. The molecule has 0 aliphatic carbocycles. The zero-order valence-corrected chi connectivity index (χ0v) is 13.4. The molecule has 0 radical (unpaired) electrons. The van der Waals surface area contributed by atoms with E-state index in [0.29, 0.717) is 18.4 Å². The fraction of sp³-hybridized carbons (Fsp3) is 0.667. The number of hydrogen-bond donors (Lipinski definition) is 1. The lowest BCUT2D eigenvalue weighted by molar-refractivity contribution is 0.205. The maximum absolute atomic E-state index is 12.2. The van der Waals surface area contributed by atoms with E-state index in [-0.39, 0.29) is 6.03 Å².